The monoisotopic (exact) mass is 295 g/mol. The molecule has 20 heavy (non-hydrogen) atoms. The highest BCUT2D eigenvalue weighted by atomic mass is 32.2. The molecular formula is C14H21N3O2S. The number of nitrogens with one attached hydrogen (secondary N) is 1. The molecule has 3 rings (SSSR count). The molecule has 1 N–H and O–H groups in total. The van der Waals surface area contributed by atoms with Crippen molar-refractivity contribution in [1.82, 2.24) is 8.61 Å². The van der Waals surface area contributed by atoms with Crippen molar-refractivity contribution < 1.29 is 8.42 Å². The van der Waals surface area contributed by atoms with Gasteiger partial charge in [-0.15, -0.1) is 0 Å². The second-order valence-electron chi connectivity index (χ2n) is 5.48. The summed E-state index contributed by atoms with van der Waals surface area (Å²) in [4.78, 5) is 0. The molecule has 0 aliphatic carbocycles. The summed E-state index contributed by atoms with van der Waals surface area (Å²) < 4.78 is 28.5. The molecule has 2 heterocycles. The normalized spacial score (nSPS) is 21.2. The molecule has 1 aromatic rings. The highest BCUT2D eigenvalue weighted by Gasteiger charge is 2.32. The first-order valence-electron chi connectivity index (χ1n) is 7.16. The van der Waals surface area contributed by atoms with E-state index in [1.54, 1.807) is 8.61 Å². The van der Waals surface area contributed by atoms with Crippen LogP contribution in [0.5, 0.6) is 0 Å². The molecule has 110 valence electrons. The fourth-order valence-corrected chi connectivity index (χ4v) is 4.64. The maximum atomic E-state index is 12.7. The van der Waals surface area contributed by atoms with Crippen LogP contribution in [0, 0.1) is 6.92 Å². The summed E-state index contributed by atoms with van der Waals surface area (Å²) in [5.74, 6) is 0. The molecule has 0 bridgehead atoms. The summed E-state index contributed by atoms with van der Waals surface area (Å²) in [7, 11) is -3.31. The summed E-state index contributed by atoms with van der Waals surface area (Å²) in [6.45, 7) is 5.01. The minimum atomic E-state index is -3.31. The Morgan fingerprint density at radius 3 is 2.60 bits per heavy atom. The van der Waals surface area contributed by atoms with Crippen molar-refractivity contribution in [3.05, 3.63) is 29.3 Å². The van der Waals surface area contributed by atoms with E-state index >= 15 is 0 Å². The average molecular weight is 295 g/mol. The Morgan fingerprint density at radius 2 is 1.85 bits per heavy atom. The van der Waals surface area contributed by atoms with Gasteiger partial charge in [0, 0.05) is 38.4 Å². The van der Waals surface area contributed by atoms with E-state index in [-0.39, 0.29) is 0 Å². The largest absolute Gasteiger partial charge is 0.383 e. The molecule has 0 amide bonds. The first-order chi connectivity index (χ1) is 9.59. The molecule has 0 aromatic heterocycles. The molecular weight excluding hydrogens is 274 g/mol. The van der Waals surface area contributed by atoms with Gasteiger partial charge in [0.1, 0.15) is 0 Å². The van der Waals surface area contributed by atoms with E-state index < -0.39 is 10.2 Å². The van der Waals surface area contributed by atoms with Gasteiger partial charge in [-0.3, -0.25) is 0 Å². The summed E-state index contributed by atoms with van der Waals surface area (Å²) in [5.41, 5.74) is 3.32. The van der Waals surface area contributed by atoms with Gasteiger partial charge in [-0.1, -0.05) is 18.2 Å². The first-order valence-corrected chi connectivity index (χ1v) is 8.56. The van der Waals surface area contributed by atoms with Crippen LogP contribution in [0.3, 0.4) is 0 Å². The van der Waals surface area contributed by atoms with Crippen LogP contribution < -0.4 is 5.32 Å². The Balaban J connectivity index is 1.89. The molecule has 0 atom stereocenters. The van der Waals surface area contributed by atoms with E-state index in [0.717, 1.165) is 24.1 Å². The number of benzene rings is 1. The van der Waals surface area contributed by atoms with Crippen LogP contribution in [-0.4, -0.2) is 43.2 Å². The van der Waals surface area contributed by atoms with Gasteiger partial charge >= 0.3 is 0 Å². The molecule has 0 radical (unpaired) electrons. The molecule has 0 saturated carbocycles. The van der Waals surface area contributed by atoms with Crippen molar-refractivity contribution in [2.45, 2.75) is 26.3 Å². The van der Waals surface area contributed by atoms with E-state index in [1.165, 1.54) is 5.56 Å². The van der Waals surface area contributed by atoms with Crippen LogP contribution >= 0.6 is 0 Å². The van der Waals surface area contributed by atoms with Crippen molar-refractivity contribution in [1.29, 1.82) is 0 Å². The summed E-state index contributed by atoms with van der Waals surface area (Å²) in [6.07, 6.45) is 1.95. The van der Waals surface area contributed by atoms with E-state index in [9.17, 15) is 8.42 Å². The van der Waals surface area contributed by atoms with E-state index in [2.05, 4.69) is 18.3 Å². The number of hydrogen-bond acceptors (Lipinski definition) is 3. The van der Waals surface area contributed by atoms with Gasteiger partial charge in [0.2, 0.25) is 0 Å². The molecule has 1 saturated heterocycles. The molecule has 2 aliphatic heterocycles. The summed E-state index contributed by atoms with van der Waals surface area (Å²) in [6, 6.07) is 6.05. The van der Waals surface area contributed by atoms with E-state index in [1.807, 2.05) is 12.1 Å². The topological polar surface area (TPSA) is 52.7 Å². The van der Waals surface area contributed by atoms with Gasteiger partial charge in [0.05, 0.1) is 0 Å². The molecule has 1 aromatic carbocycles. The lowest BCUT2D eigenvalue weighted by Gasteiger charge is -2.25. The lowest BCUT2D eigenvalue weighted by atomic mass is 10.1. The lowest BCUT2D eigenvalue weighted by molar-refractivity contribution is 0.366. The smallest absolute Gasteiger partial charge is 0.282 e. The van der Waals surface area contributed by atoms with Crippen LogP contribution in [0.15, 0.2) is 18.2 Å². The molecule has 6 heteroatoms. The highest BCUT2D eigenvalue weighted by molar-refractivity contribution is 7.86. The third-order valence-electron chi connectivity index (χ3n) is 4.09. The zero-order valence-corrected chi connectivity index (χ0v) is 12.6. The van der Waals surface area contributed by atoms with Gasteiger partial charge in [-0.2, -0.15) is 17.0 Å². The quantitative estimate of drug-likeness (QED) is 0.901. The molecule has 2 aliphatic rings. The maximum absolute atomic E-state index is 12.7. The van der Waals surface area contributed by atoms with Crippen LogP contribution in [0.25, 0.3) is 0 Å². The standard InChI is InChI=1S/C14H21N3O2S/c1-12-5-4-6-13-11-17(10-7-15-14(12)13)20(18,19)16-8-2-3-9-16/h4-6,15H,2-3,7-11H2,1H3. The van der Waals surface area contributed by atoms with Crippen molar-refractivity contribution in [2.24, 2.45) is 0 Å². The maximum Gasteiger partial charge on any atom is 0.282 e. The fraction of sp³-hybridized carbons (Fsp3) is 0.571. The Hall–Kier alpha value is -1.11. The van der Waals surface area contributed by atoms with Crippen molar-refractivity contribution in [2.75, 3.05) is 31.5 Å². The third-order valence-corrected chi connectivity index (χ3v) is 6.07. The minimum absolute atomic E-state index is 0.461. The van der Waals surface area contributed by atoms with Gasteiger partial charge in [-0.25, -0.2) is 0 Å². The second kappa shape index (κ2) is 5.35. The fourth-order valence-electron chi connectivity index (χ4n) is 2.97. The second-order valence-corrected chi connectivity index (χ2v) is 7.41. The predicted molar refractivity (Wildman–Crippen MR) is 79.8 cm³/mol. The van der Waals surface area contributed by atoms with Crippen molar-refractivity contribution in [3.63, 3.8) is 0 Å². The zero-order chi connectivity index (χ0) is 14.2. The van der Waals surface area contributed by atoms with Gasteiger partial charge in [-0.05, 0) is 30.9 Å². The summed E-state index contributed by atoms with van der Waals surface area (Å²) >= 11 is 0. The van der Waals surface area contributed by atoms with E-state index in [4.69, 9.17) is 0 Å². The van der Waals surface area contributed by atoms with Crippen molar-refractivity contribution >= 4 is 15.9 Å². The number of aryl methyl sites for hydroxylation is 1. The average Bonchev–Trinajstić information content (AvgIpc) is 2.86. The Morgan fingerprint density at radius 1 is 1.10 bits per heavy atom. The first kappa shape index (κ1) is 13.9. The molecule has 0 unspecified atom stereocenters. The SMILES string of the molecule is Cc1cccc2c1NCCN(S(=O)(=O)N1CCCC1)C2. The van der Waals surface area contributed by atoms with Crippen LogP contribution in [0.4, 0.5) is 5.69 Å². The Kier molecular flexibility index (Phi) is 3.70. The van der Waals surface area contributed by atoms with Crippen LogP contribution in [0.1, 0.15) is 24.0 Å². The minimum Gasteiger partial charge on any atom is -0.383 e. The number of anilines is 1. The number of fused-ring (bicyclic) bond motifs is 1. The number of hydrogen-bond donors (Lipinski definition) is 1. The van der Waals surface area contributed by atoms with Gasteiger partial charge in [0.15, 0.2) is 0 Å². The molecule has 5 nitrogen and oxygen atoms in total. The summed E-state index contributed by atoms with van der Waals surface area (Å²) in [5, 5.41) is 3.36. The van der Waals surface area contributed by atoms with Crippen LogP contribution in [-0.2, 0) is 16.8 Å². The van der Waals surface area contributed by atoms with Crippen molar-refractivity contribution in [3.8, 4) is 0 Å². The lowest BCUT2D eigenvalue weighted by Crippen LogP contribution is -2.43. The third kappa shape index (κ3) is 2.43. The number of rotatable bonds is 2. The van der Waals surface area contributed by atoms with Crippen LogP contribution in [0.2, 0.25) is 0 Å². The molecule has 0 spiro atoms. The number of nitrogens with zero attached hydrogens (tertiary/aromatic N) is 2. The Bertz CT molecular complexity index is 594. The molecule has 1 fully saturated rings. The number of para-hydroxylation sites is 1. The highest BCUT2D eigenvalue weighted by Crippen LogP contribution is 2.27. The zero-order valence-electron chi connectivity index (χ0n) is 11.8. The van der Waals surface area contributed by atoms with Gasteiger partial charge in [0.25, 0.3) is 10.2 Å². The predicted octanol–water partition coefficient (Wildman–Crippen LogP) is 1.56. The Labute approximate surface area is 120 Å². The van der Waals surface area contributed by atoms with Gasteiger partial charge < -0.3 is 5.32 Å². The van der Waals surface area contributed by atoms with E-state index in [0.29, 0.717) is 32.7 Å².